The Labute approximate surface area is 144 Å². The maximum absolute atomic E-state index is 12.6. The summed E-state index contributed by atoms with van der Waals surface area (Å²) >= 11 is 3.33. The van der Waals surface area contributed by atoms with Gasteiger partial charge in [0.2, 0.25) is 10.0 Å². The van der Waals surface area contributed by atoms with Crippen LogP contribution in [0.4, 0.5) is 0 Å². The average molecular weight is 399 g/mol. The molecule has 2 aromatic carbocycles. The molecule has 124 valence electrons. The van der Waals surface area contributed by atoms with Crippen molar-refractivity contribution in [1.29, 1.82) is 0 Å². The third-order valence-corrected chi connectivity index (χ3v) is 5.47. The van der Waals surface area contributed by atoms with E-state index in [1.807, 2.05) is 6.92 Å². The molecule has 0 heterocycles. The van der Waals surface area contributed by atoms with Crippen LogP contribution in [0.25, 0.3) is 0 Å². The van der Waals surface area contributed by atoms with E-state index in [4.69, 9.17) is 5.73 Å². The summed E-state index contributed by atoms with van der Waals surface area (Å²) in [7, 11) is -3.74. The highest BCUT2D eigenvalue weighted by atomic mass is 79.9. The highest BCUT2D eigenvalue weighted by Crippen LogP contribution is 2.22. The molecule has 0 saturated heterocycles. The number of rotatable bonds is 6. The molecule has 0 aliphatic heterocycles. The van der Waals surface area contributed by atoms with Crippen molar-refractivity contribution in [2.45, 2.75) is 23.9 Å². The molecule has 2 aromatic rings. The van der Waals surface area contributed by atoms with Crippen molar-refractivity contribution in [3.63, 3.8) is 0 Å². The van der Waals surface area contributed by atoms with E-state index in [9.17, 15) is 13.5 Å². The molecule has 0 amide bonds. The summed E-state index contributed by atoms with van der Waals surface area (Å²) in [6.07, 6.45) is 0. The Morgan fingerprint density at radius 3 is 2.22 bits per heavy atom. The van der Waals surface area contributed by atoms with Crippen LogP contribution < -0.4 is 10.5 Å². The standard InChI is InChI=1S/C16H19BrN2O3S/c1-11-2-8-14(9-3-11)23(21,22)19-16(15(18)10-20)12-4-6-13(17)7-5-12/h2-9,15-16,19-20H,10,18H2,1H3/t15-,16+/m0/s1. The lowest BCUT2D eigenvalue weighted by Crippen LogP contribution is -2.42. The molecule has 5 nitrogen and oxygen atoms in total. The van der Waals surface area contributed by atoms with Crippen LogP contribution in [0.2, 0.25) is 0 Å². The van der Waals surface area contributed by atoms with E-state index in [-0.39, 0.29) is 11.5 Å². The van der Waals surface area contributed by atoms with Gasteiger partial charge in [0.25, 0.3) is 0 Å². The fraction of sp³-hybridized carbons (Fsp3) is 0.250. The van der Waals surface area contributed by atoms with Crippen molar-refractivity contribution >= 4 is 26.0 Å². The van der Waals surface area contributed by atoms with Crippen molar-refractivity contribution in [3.05, 3.63) is 64.1 Å². The summed E-state index contributed by atoms with van der Waals surface area (Å²) < 4.78 is 28.6. The van der Waals surface area contributed by atoms with Crippen LogP contribution in [-0.2, 0) is 10.0 Å². The second-order valence-electron chi connectivity index (χ2n) is 5.31. The molecule has 0 aliphatic carbocycles. The van der Waals surface area contributed by atoms with E-state index in [0.717, 1.165) is 10.0 Å². The second kappa shape index (κ2) is 7.55. The molecule has 4 N–H and O–H groups in total. The zero-order valence-corrected chi connectivity index (χ0v) is 15.0. The predicted molar refractivity (Wildman–Crippen MR) is 93.4 cm³/mol. The summed E-state index contributed by atoms with van der Waals surface area (Å²) in [5.74, 6) is 0. The maximum Gasteiger partial charge on any atom is 0.241 e. The number of hydrogen-bond donors (Lipinski definition) is 3. The Kier molecular flexibility index (Phi) is 5.94. The molecule has 0 aromatic heterocycles. The molecule has 0 unspecified atom stereocenters. The predicted octanol–water partition coefficient (Wildman–Crippen LogP) is 2.10. The summed E-state index contributed by atoms with van der Waals surface area (Å²) in [4.78, 5) is 0.162. The second-order valence-corrected chi connectivity index (χ2v) is 7.94. The van der Waals surface area contributed by atoms with Gasteiger partial charge in [0.1, 0.15) is 0 Å². The highest BCUT2D eigenvalue weighted by Gasteiger charge is 2.26. The first-order valence-corrected chi connectivity index (χ1v) is 9.32. The van der Waals surface area contributed by atoms with Crippen molar-refractivity contribution in [2.24, 2.45) is 5.73 Å². The highest BCUT2D eigenvalue weighted by molar-refractivity contribution is 9.10. The molecule has 0 bridgehead atoms. The van der Waals surface area contributed by atoms with Crippen molar-refractivity contribution in [2.75, 3.05) is 6.61 Å². The summed E-state index contributed by atoms with van der Waals surface area (Å²) in [5.41, 5.74) is 7.57. The minimum atomic E-state index is -3.74. The van der Waals surface area contributed by atoms with Gasteiger partial charge in [0.05, 0.1) is 17.5 Å². The van der Waals surface area contributed by atoms with Crippen LogP contribution in [0.15, 0.2) is 57.9 Å². The molecule has 0 spiro atoms. The van der Waals surface area contributed by atoms with E-state index < -0.39 is 22.1 Å². The van der Waals surface area contributed by atoms with Crippen LogP contribution in [0.3, 0.4) is 0 Å². The molecule has 0 radical (unpaired) electrons. The Morgan fingerprint density at radius 2 is 1.70 bits per heavy atom. The van der Waals surface area contributed by atoms with Gasteiger partial charge in [-0.2, -0.15) is 0 Å². The molecule has 23 heavy (non-hydrogen) atoms. The van der Waals surface area contributed by atoms with Crippen LogP contribution in [0.1, 0.15) is 17.2 Å². The maximum atomic E-state index is 12.6. The summed E-state index contributed by atoms with van der Waals surface area (Å²) in [6.45, 7) is 1.55. The van der Waals surface area contributed by atoms with Gasteiger partial charge in [-0.3, -0.25) is 0 Å². The Balaban J connectivity index is 2.33. The number of aliphatic hydroxyl groups is 1. The lowest BCUT2D eigenvalue weighted by atomic mass is 10.0. The van der Waals surface area contributed by atoms with Gasteiger partial charge in [0.15, 0.2) is 0 Å². The molecule has 2 atom stereocenters. The number of halogens is 1. The third-order valence-electron chi connectivity index (χ3n) is 3.48. The molecule has 0 aliphatic rings. The Morgan fingerprint density at radius 1 is 1.13 bits per heavy atom. The van der Waals surface area contributed by atoms with Gasteiger partial charge < -0.3 is 10.8 Å². The lowest BCUT2D eigenvalue weighted by Gasteiger charge is -2.24. The van der Waals surface area contributed by atoms with Gasteiger partial charge in [-0.05, 0) is 36.8 Å². The zero-order chi connectivity index (χ0) is 17.0. The molecule has 0 fully saturated rings. The number of sulfonamides is 1. The van der Waals surface area contributed by atoms with Gasteiger partial charge in [0, 0.05) is 10.5 Å². The van der Waals surface area contributed by atoms with Gasteiger partial charge >= 0.3 is 0 Å². The molecule has 2 rings (SSSR count). The van der Waals surface area contributed by atoms with Crippen LogP contribution in [-0.4, -0.2) is 26.2 Å². The quantitative estimate of drug-likeness (QED) is 0.694. The third kappa shape index (κ3) is 4.62. The van der Waals surface area contributed by atoms with Gasteiger partial charge in [-0.25, -0.2) is 13.1 Å². The lowest BCUT2D eigenvalue weighted by molar-refractivity contribution is 0.245. The zero-order valence-electron chi connectivity index (χ0n) is 12.6. The number of aryl methyl sites for hydroxylation is 1. The summed E-state index contributed by atoms with van der Waals surface area (Å²) in [5, 5.41) is 9.36. The fourth-order valence-electron chi connectivity index (χ4n) is 2.13. The first-order valence-electron chi connectivity index (χ1n) is 7.04. The van der Waals surface area contributed by atoms with Crippen LogP contribution in [0.5, 0.6) is 0 Å². The van der Waals surface area contributed by atoms with Crippen molar-refractivity contribution in [1.82, 2.24) is 4.72 Å². The normalized spacial score (nSPS) is 14.4. The molecular weight excluding hydrogens is 380 g/mol. The van der Waals surface area contributed by atoms with Crippen molar-refractivity contribution < 1.29 is 13.5 Å². The van der Waals surface area contributed by atoms with Crippen LogP contribution >= 0.6 is 15.9 Å². The van der Waals surface area contributed by atoms with E-state index in [1.54, 1.807) is 48.5 Å². The first-order chi connectivity index (χ1) is 10.8. The Hall–Kier alpha value is -1.25. The number of aliphatic hydroxyl groups excluding tert-OH is 1. The van der Waals surface area contributed by atoms with Crippen LogP contribution in [0, 0.1) is 6.92 Å². The largest absolute Gasteiger partial charge is 0.395 e. The van der Waals surface area contributed by atoms with Gasteiger partial charge in [-0.15, -0.1) is 0 Å². The van der Waals surface area contributed by atoms with E-state index in [2.05, 4.69) is 20.7 Å². The van der Waals surface area contributed by atoms with Gasteiger partial charge in [-0.1, -0.05) is 45.8 Å². The molecule has 0 saturated carbocycles. The molecule has 7 heteroatoms. The minimum absolute atomic E-state index is 0.162. The number of benzene rings is 2. The number of hydrogen-bond acceptors (Lipinski definition) is 4. The smallest absolute Gasteiger partial charge is 0.241 e. The monoisotopic (exact) mass is 398 g/mol. The van der Waals surface area contributed by atoms with E-state index in [0.29, 0.717) is 5.56 Å². The summed E-state index contributed by atoms with van der Waals surface area (Å²) in [6, 6.07) is 12.2. The topological polar surface area (TPSA) is 92.4 Å². The first kappa shape index (κ1) is 18.1. The fourth-order valence-corrected chi connectivity index (χ4v) is 3.67. The number of nitrogens with one attached hydrogen (secondary N) is 1. The molecular formula is C16H19BrN2O3S. The Bertz CT molecular complexity index is 746. The number of nitrogens with two attached hydrogens (primary N) is 1. The van der Waals surface area contributed by atoms with E-state index in [1.165, 1.54) is 0 Å². The minimum Gasteiger partial charge on any atom is -0.395 e. The van der Waals surface area contributed by atoms with E-state index >= 15 is 0 Å². The SMILES string of the molecule is Cc1ccc(S(=O)(=O)N[C@H](c2ccc(Br)cc2)[C@@H](N)CO)cc1. The van der Waals surface area contributed by atoms with Crippen molar-refractivity contribution in [3.8, 4) is 0 Å². The average Bonchev–Trinajstić information content (AvgIpc) is 2.53.